The van der Waals surface area contributed by atoms with Crippen molar-refractivity contribution in [1.29, 1.82) is 5.26 Å². The van der Waals surface area contributed by atoms with Crippen LogP contribution in [-0.4, -0.2) is 17.1 Å². The summed E-state index contributed by atoms with van der Waals surface area (Å²) in [6, 6.07) is 6.30. The monoisotopic (exact) mass is 283 g/mol. The molecule has 1 unspecified atom stereocenters. The second-order valence-electron chi connectivity index (χ2n) is 4.33. The summed E-state index contributed by atoms with van der Waals surface area (Å²) in [7, 11) is 0. The van der Waals surface area contributed by atoms with Gasteiger partial charge in [0.05, 0.1) is 22.6 Å². The highest BCUT2D eigenvalue weighted by atomic mass is 35.5. The number of rotatable bonds is 6. The van der Waals surface area contributed by atoms with Crippen molar-refractivity contribution in [3.05, 3.63) is 33.3 Å². The summed E-state index contributed by atoms with van der Waals surface area (Å²) in [5.41, 5.74) is 4.55. The summed E-state index contributed by atoms with van der Waals surface area (Å²) in [6.07, 6.45) is 0.935. The van der Waals surface area contributed by atoms with Crippen molar-refractivity contribution in [2.24, 2.45) is 5.73 Å². The van der Waals surface area contributed by atoms with E-state index in [0.29, 0.717) is 12.8 Å². The average Bonchev–Trinajstić information content (AvgIpc) is 2.35. The number of nitro benzene ring substituents is 1. The van der Waals surface area contributed by atoms with Crippen LogP contribution in [0.4, 0.5) is 5.69 Å². The number of nitrogens with zero attached hydrogens (tertiary/aromatic N) is 2. The summed E-state index contributed by atoms with van der Waals surface area (Å²) < 4.78 is 5.33. The smallest absolute Gasteiger partial charge is 0.312 e. The van der Waals surface area contributed by atoms with Crippen LogP contribution >= 0.6 is 11.6 Å². The lowest BCUT2D eigenvalue weighted by molar-refractivity contribution is -0.385. The Labute approximate surface area is 115 Å². The number of nitrogens with two attached hydrogens (primary N) is 1. The van der Waals surface area contributed by atoms with Crippen LogP contribution in [0.1, 0.15) is 19.8 Å². The van der Waals surface area contributed by atoms with Gasteiger partial charge in [-0.3, -0.25) is 10.1 Å². The lowest BCUT2D eigenvalue weighted by Crippen LogP contribution is -2.34. The van der Waals surface area contributed by atoms with Crippen molar-refractivity contribution >= 4 is 17.3 Å². The van der Waals surface area contributed by atoms with Crippen LogP contribution in [-0.2, 0) is 0 Å². The Morgan fingerprint density at radius 1 is 1.63 bits per heavy atom. The molecule has 102 valence electrons. The van der Waals surface area contributed by atoms with E-state index >= 15 is 0 Å². The van der Waals surface area contributed by atoms with Crippen LogP contribution in [0.2, 0.25) is 5.02 Å². The predicted octanol–water partition coefficient (Wildman–Crippen LogP) is 2.65. The molecule has 2 N–H and O–H groups in total. The van der Waals surface area contributed by atoms with Gasteiger partial charge < -0.3 is 10.5 Å². The van der Waals surface area contributed by atoms with E-state index in [4.69, 9.17) is 27.3 Å². The molecule has 0 heterocycles. The molecule has 1 atom stereocenters. The molecule has 0 aliphatic carbocycles. The quantitative estimate of drug-likeness (QED) is 0.491. The molecule has 0 saturated heterocycles. The summed E-state index contributed by atoms with van der Waals surface area (Å²) in [6.45, 7) is 1.82. The molecule has 0 spiro atoms. The molecule has 6 nitrogen and oxygen atoms in total. The summed E-state index contributed by atoms with van der Waals surface area (Å²) in [4.78, 5) is 10.3. The molecule has 7 heteroatoms. The van der Waals surface area contributed by atoms with Crippen molar-refractivity contribution in [3.8, 4) is 11.8 Å². The van der Waals surface area contributed by atoms with Gasteiger partial charge in [0.25, 0.3) is 0 Å². The number of nitro groups is 1. The molecule has 0 saturated carbocycles. The lowest BCUT2D eigenvalue weighted by atomic mass is 10.00. The van der Waals surface area contributed by atoms with Gasteiger partial charge in [0.1, 0.15) is 5.54 Å². The number of hydrogen-bond donors (Lipinski definition) is 1. The zero-order chi connectivity index (χ0) is 14.5. The summed E-state index contributed by atoms with van der Waals surface area (Å²) >= 11 is 5.86. The molecule has 1 aromatic rings. The molecule has 0 aliphatic rings. The highest BCUT2D eigenvalue weighted by molar-refractivity contribution is 6.32. The minimum atomic E-state index is -0.921. The summed E-state index contributed by atoms with van der Waals surface area (Å²) in [5.74, 6) is 0.0462. The van der Waals surface area contributed by atoms with E-state index < -0.39 is 10.5 Å². The van der Waals surface area contributed by atoms with E-state index in [2.05, 4.69) is 0 Å². The lowest BCUT2D eigenvalue weighted by Gasteiger charge is -2.15. The van der Waals surface area contributed by atoms with E-state index in [1.807, 2.05) is 6.07 Å². The van der Waals surface area contributed by atoms with Crippen molar-refractivity contribution in [3.63, 3.8) is 0 Å². The van der Waals surface area contributed by atoms with Gasteiger partial charge >= 0.3 is 5.69 Å². The molecule has 0 aliphatic heterocycles. The van der Waals surface area contributed by atoms with Crippen LogP contribution in [0.15, 0.2) is 18.2 Å². The van der Waals surface area contributed by atoms with Crippen molar-refractivity contribution in [2.75, 3.05) is 6.61 Å². The standard InChI is InChI=1S/C12H14ClN3O3/c1-12(15,8-14)6-3-7-19-11-9(13)4-2-5-10(11)16(17)18/h2,4-5H,3,6-7,15H2,1H3. The van der Waals surface area contributed by atoms with Gasteiger partial charge in [0, 0.05) is 6.07 Å². The molecule has 0 bridgehead atoms. The fourth-order valence-corrected chi connectivity index (χ4v) is 1.68. The van der Waals surface area contributed by atoms with E-state index in [-0.39, 0.29) is 23.1 Å². The maximum absolute atomic E-state index is 10.8. The fourth-order valence-electron chi connectivity index (χ4n) is 1.45. The number of nitriles is 1. The van der Waals surface area contributed by atoms with E-state index in [1.54, 1.807) is 6.92 Å². The van der Waals surface area contributed by atoms with Crippen LogP contribution in [0.5, 0.6) is 5.75 Å². The highest BCUT2D eigenvalue weighted by Gasteiger charge is 2.19. The zero-order valence-corrected chi connectivity index (χ0v) is 11.2. The van der Waals surface area contributed by atoms with Crippen molar-refractivity contribution in [2.45, 2.75) is 25.3 Å². The molecular weight excluding hydrogens is 270 g/mol. The van der Waals surface area contributed by atoms with Gasteiger partial charge in [-0.2, -0.15) is 5.26 Å². The molecule has 0 aromatic heterocycles. The maximum Gasteiger partial charge on any atom is 0.312 e. The van der Waals surface area contributed by atoms with Gasteiger partial charge in [-0.1, -0.05) is 17.7 Å². The Bertz CT molecular complexity index is 511. The average molecular weight is 284 g/mol. The Morgan fingerprint density at radius 2 is 2.32 bits per heavy atom. The third kappa shape index (κ3) is 4.39. The van der Waals surface area contributed by atoms with Crippen LogP contribution < -0.4 is 10.5 Å². The third-order valence-electron chi connectivity index (χ3n) is 2.49. The first-order valence-corrected chi connectivity index (χ1v) is 6.01. The Hall–Kier alpha value is -1.84. The Balaban J connectivity index is 2.64. The normalized spacial score (nSPS) is 13.4. The number of benzene rings is 1. The molecule has 0 amide bonds. The van der Waals surface area contributed by atoms with Gasteiger partial charge in [-0.25, -0.2) is 0 Å². The second kappa shape index (κ2) is 6.36. The first kappa shape index (κ1) is 15.2. The van der Waals surface area contributed by atoms with Crippen LogP contribution in [0.3, 0.4) is 0 Å². The molecule has 1 rings (SSSR count). The van der Waals surface area contributed by atoms with E-state index in [0.717, 1.165) is 0 Å². The maximum atomic E-state index is 10.8. The molecule has 0 fully saturated rings. The number of hydrogen-bond acceptors (Lipinski definition) is 5. The highest BCUT2D eigenvalue weighted by Crippen LogP contribution is 2.34. The van der Waals surface area contributed by atoms with Crippen LogP contribution in [0, 0.1) is 21.4 Å². The predicted molar refractivity (Wildman–Crippen MR) is 71.0 cm³/mol. The van der Waals surface area contributed by atoms with Crippen LogP contribution in [0.25, 0.3) is 0 Å². The first-order valence-electron chi connectivity index (χ1n) is 5.63. The van der Waals surface area contributed by atoms with Gasteiger partial charge in [-0.15, -0.1) is 0 Å². The Kier molecular flexibility index (Phi) is 5.10. The summed E-state index contributed by atoms with van der Waals surface area (Å²) in [5, 5.41) is 19.7. The second-order valence-corrected chi connectivity index (χ2v) is 4.73. The number of para-hydroxylation sites is 1. The van der Waals surface area contributed by atoms with Gasteiger partial charge in [0.15, 0.2) is 0 Å². The number of halogens is 1. The number of ether oxygens (including phenoxy) is 1. The van der Waals surface area contributed by atoms with Gasteiger partial charge in [-0.05, 0) is 25.8 Å². The molecule has 0 radical (unpaired) electrons. The minimum Gasteiger partial charge on any atom is -0.486 e. The fraction of sp³-hybridized carbons (Fsp3) is 0.417. The van der Waals surface area contributed by atoms with E-state index in [1.165, 1.54) is 18.2 Å². The zero-order valence-electron chi connectivity index (χ0n) is 10.4. The third-order valence-corrected chi connectivity index (χ3v) is 2.78. The SMILES string of the molecule is CC(N)(C#N)CCCOc1c(Cl)cccc1[N+](=O)[O-]. The first-order chi connectivity index (χ1) is 8.87. The van der Waals surface area contributed by atoms with Crippen molar-refractivity contribution < 1.29 is 9.66 Å². The van der Waals surface area contributed by atoms with Crippen molar-refractivity contribution in [1.82, 2.24) is 0 Å². The molecular formula is C12H14ClN3O3. The van der Waals surface area contributed by atoms with Gasteiger partial charge in [0.2, 0.25) is 5.75 Å². The topological polar surface area (TPSA) is 102 Å². The largest absolute Gasteiger partial charge is 0.486 e. The van der Waals surface area contributed by atoms with E-state index in [9.17, 15) is 10.1 Å². The molecule has 1 aromatic carbocycles. The minimum absolute atomic E-state index is 0.0462. The Morgan fingerprint density at radius 3 is 2.89 bits per heavy atom. The molecule has 19 heavy (non-hydrogen) atoms.